The number of rotatable bonds is 1. The van der Waals surface area contributed by atoms with E-state index in [4.69, 9.17) is 0 Å². The van der Waals surface area contributed by atoms with Crippen LogP contribution < -0.4 is 0 Å². The van der Waals surface area contributed by atoms with Crippen LogP contribution in [-0.4, -0.2) is 52.0 Å². The largest absolute Gasteiger partial charge is 0.504 e. The smallest absolute Gasteiger partial charge is 0.333 e. The number of para-hydroxylation sites is 1. The van der Waals surface area contributed by atoms with Gasteiger partial charge in [-0.2, -0.15) is 0 Å². The maximum atomic E-state index is 11.9. The molecule has 1 fully saturated rings. The lowest BCUT2D eigenvalue weighted by Crippen LogP contribution is -2.52. The van der Waals surface area contributed by atoms with Gasteiger partial charge in [-0.15, -0.1) is 0 Å². The zero-order chi connectivity index (χ0) is 15.0. The Bertz CT molecular complexity index is 624. The van der Waals surface area contributed by atoms with Crippen LogP contribution in [0.2, 0.25) is 0 Å². The summed E-state index contributed by atoms with van der Waals surface area (Å²) in [5.74, 6) is -2.34. The van der Waals surface area contributed by atoms with Crippen LogP contribution in [0.25, 0.3) is 6.08 Å². The molecular weight excluding hydrogens is 264 g/mol. The predicted octanol–water partition coefficient (Wildman–Crippen LogP) is 0.532. The fourth-order valence-electron chi connectivity index (χ4n) is 1.80. The molecule has 1 saturated heterocycles. The number of benzene rings is 1. The number of phenolic OH excluding ortho intramolecular Hbond substituents is 2. The Morgan fingerprint density at radius 2 is 1.55 bits per heavy atom. The number of hydrogen-bond donors (Lipinski definition) is 2. The second-order valence-electron chi connectivity index (χ2n) is 4.28. The minimum absolute atomic E-state index is 0.109. The lowest BCUT2D eigenvalue weighted by Gasteiger charge is -2.28. The van der Waals surface area contributed by atoms with Gasteiger partial charge < -0.3 is 10.2 Å². The molecule has 7 heteroatoms. The molecule has 1 aliphatic rings. The molecule has 1 aliphatic heterocycles. The number of amides is 4. The van der Waals surface area contributed by atoms with Gasteiger partial charge in [-0.3, -0.25) is 19.4 Å². The van der Waals surface area contributed by atoms with Gasteiger partial charge in [-0.05, 0) is 12.1 Å². The monoisotopic (exact) mass is 276 g/mol. The summed E-state index contributed by atoms with van der Waals surface area (Å²) in [5.41, 5.74) is -0.159. The van der Waals surface area contributed by atoms with Crippen molar-refractivity contribution in [2.45, 2.75) is 0 Å². The number of imide groups is 2. The van der Waals surface area contributed by atoms with Crippen molar-refractivity contribution in [2.24, 2.45) is 0 Å². The van der Waals surface area contributed by atoms with Crippen molar-refractivity contribution < 1.29 is 24.6 Å². The molecule has 0 radical (unpaired) electrons. The van der Waals surface area contributed by atoms with Crippen LogP contribution in [0, 0.1) is 0 Å². The van der Waals surface area contributed by atoms with E-state index in [9.17, 15) is 24.6 Å². The van der Waals surface area contributed by atoms with E-state index >= 15 is 0 Å². The molecule has 0 atom stereocenters. The summed E-state index contributed by atoms with van der Waals surface area (Å²) in [4.78, 5) is 37.0. The molecule has 1 aromatic rings. The third-order valence-corrected chi connectivity index (χ3v) is 2.99. The Labute approximate surface area is 114 Å². The first-order valence-corrected chi connectivity index (χ1v) is 5.67. The SMILES string of the molecule is CN1C(=O)C(=Cc2cccc(O)c2O)C(=O)N(C)C1=O. The van der Waals surface area contributed by atoms with Gasteiger partial charge >= 0.3 is 6.03 Å². The molecular formula is C13H12N2O5. The van der Waals surface area contributed by atoms with Crippen LogP contribution >= 0.6 is 0 Å². The van der Waals surface area contributed by atoms with E-state index in [1.165, 1.54) is 32.3 Å². The Hall–Kier alpha value is -2.83. The lowest BCUT2D eigenvalue weighted by molar-refractivity contribution is -0.134. The highest BCUT2D eigenvalue weighted by Gasteiger charge is 2.37. The average molecular weight is 276 g/mol. The molecule has 0 bridgehead atoms. The number of nitrogens with zero attached hydrogens (tertiary/aromatic N) is 2. The molecule has 7 nitrogen and oxygen atoms in total. The first-order chi connectivity index (χ1) is 9.34. The van der Waals surface area contributed by atoms with Crippen LogP contribution in [0.5, 0.6) is 11.5 Å². The number of barbiturate groups is 1. The number of hydrogen-bond acceptors (Lipinski definition) is 5. The highest BCUT2D eigenvalue weighted by Crippen LogP contribution is 2.30. The van der Waals surface area contributed by atoms with Gasteiger partial charge in [0.25, 0.3) is 11.8 Å². The third kappa shape index (κ3) is 1.99. The molecule has 1 heterocycles. The van der Waals surface area contributed by atoms with E-state index in [1.807, 2.05) is 0 Å². The molecule has 4 amide bonds. The molecule has 1 aromatic carbocycles. The maximum Gasteiger partial charge on any atom is 0.333 e. The Kier molecular flexibility index (Phi) is 3.19. The number of carbonyl (C=O) groups excluding carboxylic acids is 3. The van der Waals surface area contributed by atoms with Gasteiger partial charge in [-0.25, -0.2) is 4.79 Å². The lowest BCUT2D eigenvalue weighted by atomic mass is 10.1. The summed E-state index contributed by atoms with van der Waals surface area (Å²) in [7, 11) is 2.51. The second kappa shape index (κ2) is 4.69. The van der Waals surface area contributed by atoms with Crippen LogP contribution in [0.4, 0.5) is 4.79 Å². The number of aromatic hydroxyl groups is 2. The van der Waals surface area contributed by atoms with Crippen LogP contribution in [-0.2, 0) is 9.59 Å². The minimum atomic E-state index is -0.763. The minimum Gasteiger partial charge on any atom is -0.504 e. The number of carbonyl (C=O) groups is 3. The van der Waals surface area contributed by atoms with Gasteiger partial charge in [0.05, 0.1) is 0 Å². The number of likely N-dealkylation sites (N-methyl/N-ethyl adjacent to an activating group) is 2. The van der Waals surface area contributed by atoms with E-state index in [-0.39, 0.29) is 16.9 Å². The Morgan fingerprint density at radius 1 is 1.00 bits per heavy atom. The first-order valence-electron chi connectivity index (χ1n) is 5.67. The number of urea groups is 1. The fourth-order valence-corrected chi connectivity index (χ4v) is 1.80. The molecule has 0 saturated carbocycles. The zero-order valence-electron chi connectivity index (χ0n) is 10.8. The Balaban J connectivity index is 2.52. The summed E-state index contributed by atoms with van der Waals surface area (Å²) in [6.45, 7) is 0. The van der Waals surface area contributed by atoms with Crippen molar-refractivity contribution in [3.8, 4) is 11.5 Å². The van der Waals surface area contributed by atoms with Crippen molar-refractivity contribution >= 4 is 23.9 Å². The van der Waals surface area contributed by atoms with E-state index in [2.05, 4.69) is 0 Å². The van der Waals surface area contributed by atoms with E-state index in [1.54, 1.807) is 0 Å². The second-order valence-corrected chi connectivity index (χ2v) is 4.28. The molecule has 0 aromatic heterocycles. The van der Waals surface area contributed by atoms with E-state index in [0.717, 1.165) is 15.9 Å². The zero-order valence-corrected chi connectivity index (χ0v) is 10.8. The highest BCUT2D eigenvalue weighted by atomic mass is 16.3. The molecule has 104 valence electrons. The molecule has 2 N–H and O–H groups in total. The quantitative estimate of drug-likeness (QED) is 0.443. The summed E-state index contributed by atoms with van der Waals surface area (Å²) in [6.07, 6.45) is 1.14. The molecule has 20 heavy (non-hydrogen) atoms. The fraction of sp³-hybridized carbons (Fsp3) is 0.154. The van der Waals surface area contributed by atoms with Gasteiger partial charge in [-0.1, -0.05) is 12.1 Å². The third-order valence-electron chi connectivity index (χ3n) is 2.99. The van der Waals surface area contributed by atoms with Crippen LogP contribution in [0.1, 0.15) is 5.56 Å². The maximum absolute atomic E-state index is 11.9. The van der Waals surface area contributed by atoms with Crippen LogP contribution in [0.3, 0.4) is 0 Å². The van der Waals surface area contributed by atoms with Crippen molar-refractivity contribution in [3.63, 3.8) is 0 Å². The van der Waals surface area contributed by atoms with Crippen LogP contribution in [0.15, 0.2) is 23.8 Å². The van der Waals surface area contributed by atoms with Gasteiger partial charge in [0.15, 0.2) is 11.5 Å². The molecule has 0 spiro atoms. The first kappa shape index (κ1) is 13.6. The summed E-state index contributed by atoms with van der Waals surface area (Å²) < 4.78 is 0. The van der Waals surface area contributed by atoms with Gasteiger partial charge in [0.1, 0.15) is 5.57 Å². The Morgan fingerprint density at radius 3 is 2.10 bits per heavy atom. The van der Waals surface area contributed by atoms with E-state index < -0.39 is 23.6 Å². The van der Waals surface area contributed by atoms with Gasteiger partial charge in [0, 0.05) is 19.7 Å². The number of phenols is 2. The molecule has 0 aliphatic carbocycles. The average Bonchev–Trinajstić information content (AvgIpc) is 2.43. The predicted molar refractivity (Wildman–Crippen MR) is 68.7 cm³/mol. The van der Waals surface area contributed by atoms with E-state index in [0.29, 0.717) is 0 Å². The standard InChI is InChI=1S/C13H12N2O5/c1-14-11(18)8(12(19)15(2)13(14)20)6-7-4-3-5-9(16)10(7)17/h3-6,16-17H,1-2H3. The summed E-state index contributed by atoms with van der Waals surface area (Å²) in [6, 6.07) is 3.43. The summed E-state index contributed by atoms with van der Waals surface area (Å²) >= 11 is 0. The summed E-state index contributed by atoms with van der Waals surface area (Å²) in [5, 5.41) is 19.1. The van der Waals surface area contributed by atoms with Crippen molar-refractivity contribution in [1.29, 1.82) is 0 Å². The highest BCUT2D eigenvalue weighted by molar-refractivity contribution is 6.30. The normalized spacial score (nSPS) is 15.9. The topological polar surface area (TPSA) is 98.2 Å². The van der Waals surface area contributed by atoms with Crippen molar-refractivity contribution in [2.75, 3.05) is 14.1 Å². The van der Waals surface area contributed by atoms with Crippen molar-refractivity contribution in [1.82, 2.24) is 9.80 Å². The molecule has 0 unspecified atom stereocenters. The molecule has 2 rings (SSSR count). The van der Waals surface area contributed by atoms with Crippen molar-refractivity contribution in [3.05, 3.63) is 29.3 Å². The van der Waals surface area contributed by atoms with Gasteiger partial charge in [0.2, 0.25) is 0 Å².